The van der Waals surface area contributed by atoms with Crippen molar-refractivity contribution in [2.24, 2.45) is 5.73 Å². The smallest absolute Gasteiger partial charge is 0.252 e. The molecule has 0 aliphatic carbocycles. The predicted octanol–water partition coefficient (Wildman–Crippen LogP) is 2.91. The molecule has 11 heteroatoms. The van der Waals surface area contributed by atoms with Gasteiger partial charge in [-0.1, -0.05) is 12.1 Å². The standard InChI is InChI=1S/C14H15FN4O.C7H4F3NO/c1-18-5-6-19-11(8-18)12(14(16)20)13(17-19)9-3-2-4-10(15)7-9;8-4-1-5(9)7(11-3-12)6(10)2-4/h2-4,7H,5-6,8H2,1H3,(H2,16,20);1-3H,(H,11,12). The lowest BCUT2D eigenvalue weighted by Gasteiger charge is -2.23. The van der Waals surface area contributed by atoms with Gasteiger partial charge >= 0.3 is 0 Å². The fraction of sp³-hybridized carbons (Fsp3) is 0.190. The molecule has 3 aromatic rings. The largest absolute Gasteiger partial charge is 0.365 e. The summed E-state index contributed by atoms with van der Waals surface area (Å²) in [6, 6.07) is 7.01. The lowest BCUT2D eigenvalue weighted by Crippen LogP contribution is -2.32. The number of benzene rings is 2. The van der Waals surface area contributed by atoms with Gasteiger partial charge in [-0.3, -0.25) is 19.2 Å². The van der Waals surface area contributed by atoms with E-state index in [2.05, 4.69) is 10.00 Å². The summed E-state index contributed by atoms with van der Waals surface area (Å²) in [4.78, 5) is 23.7. The van der Waals surface area contributed by atoms with Crippen molar-refractivity contribution in [2.45, 2.75) is 13.1 Å². The van der Waals surface area contributed by atoms with Gasteiger partial charge in [-0.2, -0.15) is 5.10 Å². The number of hydrogen-bond donors (Lipinski definition) is 2. The van der Waals surface area contributed by atoms with Crippen molar-refractivity contribution >= 4 is 18.0 Å². The minimum atomic E-state index is -1.14. The number of primary amides is 1. The second-order valence-electron chi connectivity index (χ2n) is 7.01. The zero-order valence-corrected chi connectivity index (χ0v) is 16.9. The average molecular weight is 449 g/mol. The number of amides is 2. The number of rotatable bonds is 4. The van der Waals surface area contributed by atoms with Crippen LogP contribution in [0, 0.1) is 23.3 Å². The van der Waals surface area contributed by atoms with Crippen LogP contribution in [0.15, 0.2) is 36.4 Å². The van der Waals surface area contributed by atoms with Crippen LogP contribution in [0.25, 0.3) is 11.3 Å². The van der Waals surface area contributed by atoms with Crippen molar-refractivity contribution in [3.63, 3.8) is 0 Å². The van der Waals surface area contributed by atoms with Crippen molar-refractivity contribution in [3.05, 3.63) is 70.9 Å². The Bertz CT molecular complexity index is 1140. The van der Waals surface area contributed by atoms with Crippen LogP contribution in [0.3, 0.4) is 0 Å². The zero-order valence-electron chi connectivity index (χ0n) is 16.9. The van der Waals surface area contributed by atoms with Gasteiger partial charge in [0.15, 0.2) is 11.6 Å². The van der Waals surface area contributed by atoms with Crippen LogP contribution >= 0.6 is 0 Å². The van der Waals surface area contributed by atoms with Crippen LogP contribution in [0.5, 0.6) is 0 Å². The maximum absolute atomic E-state index is 13.4. The average Bonchev–Trinajstić information content (AvgIpc) is 3.10. The van der Waals surface area contributed by atoms with Crippen LogP contribution in [-0.2, 0) is 17.9 Å². The molecule has 0 unspecified atom stereocenters. The molecule has 1 aliphatic heterocycles. The highest BCUT2D eigenvalue weighted by Gasteiger charge is 2.26. The van der Waals surface area contributed by atoms with Gasteiger partial charge < -0.3 is 11.1 Å². The van der Waals surface area contributed by atoms with Gasteiger partial charge in [-0.25, -0.2) is 17.6 Å². The number of nitrogens with zero attached hydrogens (tertiary/aromatic N) is 3. The number of fused-ring (bicyclic) bond motifs is 1. The van der Waals surface area contributed by atoms with Crippen LogP contribution in [0.1, 0.15) is 16.1 Å². The number of halogens is 4. The van der Waals surface area contributed by atoms with E-state index in [-0.39, 0.29) is 12.2 Å². The lowest BCUT2D eigenvalue weighted by molar-refractivity contribution is -0.105. The highest BCUT2D eigenvalue weighted by Crippen LogP contribution is 2.28. The van der Waals surface area contributed by atoms with Gasteiger partial charge in [-0.05, 0) is 19.2 Å². The SMILES string of the molecule is CN1CCn2nc(-c3cccc(F)c3)c(C(N)=O)c2C1.O=CNc1c(F)cc(F)cc1F. The quantitative estimate of drug-likeness (QED) is 0.473. The number of nitrogens with two attached hydrogens (primary N) is 1. The van der Waals surface area contributed by atoms with Crippen molar-refractivity contribution in [1.29, 1.82) is 0 Å². The molecule has 0 bridgehead atoms. The summed E-state index contributed by atoms with van der Waals surface area (Å²) in [6.45, 7) is 2.16. The molecule has 0 saturated carbocycles. The molecule has 1 aromatic heterocycles. The van der Waals surface area contributed by atoms with E-state index >= 15 is 0 Å². The molecule has 0 spiro atoms. The Balaban J connectivity index is 0.000000207. The lowest BCUT2D eigenvalue weighted by atomic mass is 10.0. The van der Waals surface area contributed by atoms with E-state index < -0.39 is 29.0 Å². The third kappa shape index (κ3) is 4.94. The highest BCUT2D eigenvalue weighted by atomic mass is 19.1. The number of likely N-dealkylation sites (N-methyl/N-ethyl adjacent to an activating group) is 1. The molecule has 0 atom stereocenters. The molecule has 4 rings (SSSR count). The first-order valence-corrected chi connectivity index (χ1v) is 9.40. The molecule has 1 aliphatic rings. The Morgan fingerprint density at radius 3 is 2.38 bits per heavy atom. The molecular formula is C21H19F4N5O2. The Morgan fingerprint density at radius 1 is 1.09 bits per heavy atom. The van der Waals surface area contributed by atoms with E-state index in [4.69, 9.17) is 5.73 Å². The second-order valence-corrected chi connectivity index (χ2v) is 7.01. The number of nitrogens with one attached hydrogen (secondary N) is 1. The summed E-state index contributed by atoms with van der Waals surface area (Å²) < 4.78 is 52.6. The molecular weight excluding hydrogens is 430 g/mol. The Morgan fingerprint density at radius 2 is 1.78 bits per heavy atom. The minimum absolute atomic E-state index is 0.111. The monoisotopic (exact) mass is 449 g/mol. The number of carbonyl (C=O) groups excluding carboxylic acids is 2. The normalized spacial score (nSPS) is 13.0. The highest BCUT2D eigenvalue weighted by molar-refractivity contribution is 6.00. The molecule has 2 amide bonds. The maximum Gasteiger partial charge on any atom is 0.252 e. The molecule has 0 radical (unpaired) electrons. The van der Waals surface area contributed by atoms with Gasteiger partial charge in [-0.15, -0.1) is 0 Å². The van der Waals surface area contributed by atoms with Gasteiger partial charge in [0, 0.05) is 30.8 Å². The number of aromatic nitrogens is 2. The number of anilines is 1. The summed E-state index contributed by atoms with van der Waals surface area (Å²) in [5.41, 5.74) is 7.07. The first-order chi connectivity index (χ1) is 15.2. The first-order valence-electron chi connectivity index (χ1n) is 9.40. The fourth-order valence-corrected chi connectivity index (χ4v) is 3.28. The minimum Gasteiger partial charge on any atom is -0.365 e. The third-order valence-corrected chi connectivity index (χ3v) is 4.73. The van der Waals surface area contributed by atoms with Gasteiger partial charge in [0.25, 0.3) is 5.91 Å². The molecule has 3 N–H and O–H groups in total. The van der Waals surface area contributed by atoms with E-state index in [1.807, 2.05) is 7.05 Å². The summed E-state index contributed by atoms with van der Waals surface area (Å²) in [7, 11) is 1.98. The third-order valence-electron chi connectivity index (χ3n) is 4.73. The molecule has 2 aromatic carbocycles. The van der Waals surface area contributed by atoms with Gasteiger partial charge in [0.05, 0.1) is 17.8 Å². The van der Waals surface area contributed by atoms with E-state index in [0.29, 0.717) is 42.0 Å². The number of carbonyl (C=O) groups is 2. The fourth-order valence-electron chi connectivity index (χ4n) is 3.28. The maximum atomic E-state index is 13.4. The summed E-state index contributed by atoms with van der Waals surface area (Å²) in [5, 5.41) is 6.21. The molecule has 0 saturated heterocycles. The molecule has 32 heavy (non-hydrogen) atoms. The van der Waals surface area contributed by atoms with Crippen LogP contribution < -0.4 is 11.1 Å². The zero-order chi connectivity index (χ0) is 23.4. The van der Waals surface area contributed by atoms with Gasteiger partial charge in [0.1, 0.15) is 23.0 Å². The van der Waals surface area contributed by atoms with E-state index in [0.717, 1.165) is 12.2 Å². The van der Waals surface area contributed by atoms with E-state index in [9.17, 15) is 27.2 Å². The molecule has 0 fully saturated rings. The Kier molecular flexibility index (Phi) is 6.89. The topological polar surface area (TPSA) is 93.2 Å². The van der Waals surface area contributed by atoms with Crippen molar-refractivity contribution in [2.75, 3.05) is 18.9 Å². The predicted molar refractivity (Wildman–Crippen MR) is 108 cm³/mol. The van der Waals surface area contributed by atoms with Crippen LogP contribution in [0.4, 0.5) is 23.2 Å². The van der Waals surface area contributed by atoms with Crippen LogP contribution in [0.2, 0.25) is 0 Å². The summed E-state index contributed by atoms with van der Waals surface area (Å²) >= 11 is 0. The first kappa shape index (κ1) is 22.9. The van der Waals surface area contributed by atoms with Crippen molar-refractivity contribution in [1.82, 2.24) is 14.7 Å². The van der Waals surface area contributed by atoms with Crippen LogP contribution in [-0.4, -0.2) is 40.6 Å². The summed E-state index contributed by atoms with van der Waals surface area (Å²) in [5.74, 6) is -4.19. The second kappa shape index (κ2) is 9.60. The molecule has 168 valence electrons. The van der Waals surface area contributed by atoms with E-state index in [1.165, 1.54) is 12.1 Å². The van der Waals surface area contributed by atoms with Gasteiger partial charge in [0.2, 0.25) is 6.41 Å². The summed E-state index contributed by atoms with van der Waals surface area (Å²) in [6.07, 6.45) is 0.111. The Labute approximate surface area is 180 Å². The molecule has 2 heterocycles. The van der Waals surface area contributed by atoms with Crippen molar-refractivity contribution in [3.8, 4) is 11.3 Å². The van der Waals surface area contributed by atoms with Crippen molar-refractivity contribution < 1.29 is 27.2 Å². The Hall–Kier alpha value is -3.73. The van der Waals surface area contributed by atoms with E-state index in [1.54, 1.807) is 22.1 Å². The number of hydrogen-bond acceptors (Lipinski definition) is 4. The molecule has 7 nitrogen and oxygen atoms in total.